The van der Waals surface area contributed by atoms with Crippen molar-refractivity contribution in [3.05, 3.63) is 51.8 Å². The van der Waals surface area contributed by atoms with Crippen LogP contribution in [0.1, 0.15) is 31.0 Å². The first kappa shape index (κ1) is 14.4. The number of aromatic nitrogens is 2. The van der Waals surface area contributed by atoms with E-state index in [9.17, 15) is 0 Å². The molecule has 102 valence electrons. The number of nitrogens with one attached hydrogen (secondary N) is 1. The Hall–Kier alpha value is -1.03. The van der Waals surface area contributed by atoms with Crippen LogP contribution in [-0.2, 0) is 6.54 Å². The summed E-state index contributed by atoms with van der Waals surface area (Å²) in [5.41, 5.74) is 2.18. The highest BCUT2D eigenvalue weighted by Crippen LogP contribution is 2.22. The van der Waals surface area contributed by atoms with Gasteiger partial charge < -0.3 is 5.32 Å². The highest BCUT2D eigenvalue weighted by atomic mass is 35.5. The van der Waals surface area contributed by atoms with E-state index in [1.165, 1.54) is 5.56 Å². The molecule has 0 aliphatic carbocycles. The molecule has 0 spiro atoms. The summed E-state index contributed by atoms with van der Waals surface area (Å²) in [5, 5.41) is 9.04. The van der Waals surface area contributed by atoms with Gasteiger partial charge in [0, 0.05) is 27.8 Å². The number of hydrogen-bond acceptors (Lipinski definition) is 2. The van der Waals surface area contributed by atoms with Crippen molar-refractivity contribution in [2.45, 2.75) is 26.4 Å². The maximum Gasteiger partial charge on any atom is 0.0674 e. The SMILES string of the molecule is CCNC(C)c1cnn(Cc2ccc(Cl)cc2Cl)c1. The molecule has 1 aromatic carbocycles. The second-order valence-corrected chi connectivity index (χ2v) is 5.33. The first-order chi connectivity index (χ1) is 9.10. The maximum atomic E-state index is 6.16. The van der Waals surface area contributed by atoms with Gasteiger partial charge in [0.1, 0.15) is 0 Å². The van der Waals surface area contributed by atoms with Crippen LogP contribution in [0.3, 0.4) is 0 Å². The van der Waals surface area contributed by atoms with Crippen LogP contribution in [0.25, 0.3) is 0 Å². The molecule has 1 N–H and O–H groups in total. The van der Waals surface area contributed by atoms with Gasteiger partial charge in [0.2, 0.25) is 0 Å². The normalized spacial score (nSPS) is 12.6. The Balaban J connectivity index is 2.11. The molecule has 19 heavy (non-hydrogen) atoms. The fraction of sp³-hybridized carbons (Fsp3) is 0.357. The molecule has 0 aliphatic heterocycles. The Bertz CT molecular complexity index is 551. The zero-order chi connectivity index (χ0) is 13.8. The van der Waals surface area contributed by atoms with E-state index >= 15 is 0 Å². The zero-order valence-corrected chi connectivity index (χ0v) is 12.5. The molecule has 0 aliphatic rings. The first-order valence-electron chi connectivity index (χ1n) is 6.29. The van der Waals surface area contributed by atoms with Crippen LogP contribution in [0.4, 0.5) is 0 Å². The third-order valence-electron chi connectivity index (χ3n) is 3.01. The van der Waals surface area contributed by atoms with Gasteiger partial charge in [-0.05, 0) is 31.2 Å². The molecule has 0 bridgehead atoms. The van der Waals surface area contributed by atoms with E-state index in [0.717, 1.165) is 12.1 Å². The summed E-state index contributed by atoms with van der Waals surface area (Å²) in [6.45, 7) is 5.80. The minimum Gasteiger partial charge on any atom is -0.310 e. The molecule has 3 nitrogen and oxygen atoms in total. The van der Waals surface area contributed by atoms with Gasteiger partial charge >= 0.3 is 0 Å². The van der Waals surface area contributed by atoms with Crippen LogP contribution in [0.15, 0.2) is 30.6 Å². The van der Waals surface area contributed by atoms with Crippen molar-refractivity contribution in [2.24, 2.45) is 0 Å². The minimum absolute atomic E-state index is 0.305. The van der Waals surface area contributed by atoms with Crippen LogP contribution in [0.2, 0.25) is 10.0 Å². The molecular formula is C14H17Cl2N3. The number of halogens is 2. The number of hydrogen-bond donors (Lipinski definition) is 1. The van der Waals surface area contributed by atoms with E-state index in [2.05, 4.69) is 24.3 Å². The molecule has 1 unspecified atom stereocenters. The average molecular weight is 298 g/mol. The van der Waals surface area contributed by atoms with Crippen LogP contribution in [0.5, 0.6) is 0 Å². The highest BCUT2D eigenvalue weighted by Gasteiger charge is 2.08. The largest absolute Gasteiger partial charge is 0.310 e. The lowest BCUT2D eigenvalue weighted by molar-refractivity contribution is 0.596. The van der Waals surface area contributed by atoms with Crippen LogP contribution in [-0.4, -0.2) is 16.3 Å². The predicted octanol–water partition coefficient (Wildman–Crippen LogP) is 3.91. The molecule has 1 aromatic heterocycles. The monoisotopic (exact) mass is 297 g/mol. The fourth-order valence-corrected chi connectivity index (χ4v) is 2.41. The molecule has 2 aromatic rings. The molecule has 0 saturated heterocycles. The second kappa shape index (κ2) is 6.42. The first-order valence-corrected chi connectivity index (χ1v) is 7.05. The predicted molar refractivity (Wildman–Crippen MR) is 79.9 cm³/mol. The Labute approximate surface area is 123 Å². The van der Waals surface area contributed by atoms with Gasteiger partial charge in [0.25, 0.3) is 0 Å². The molecule has 2 rings (SSSR count). The van der Waals surface area contributed by atoms with Crippen molar-refractivity contribution < 1.29 is 0 Å². The number of benzene rings is 1. The standard InChI is InChI=1S/C14H17Cl2N3/c1-3-17-10(2)12-7-18-19(9-12)8-11-4-5-13(15)6-14(11)16/h4-7,9-10,17H,3,8H2,1-2H3. The lowest BCUT2D eigenvalue weighted by atomic mass is 10.2. The van der Waals surface area contributed by atoms with E-state index < -0.39 is 0 Å². The van der Waals surface area contributed by atoms with Crippen molar-refractivity contribution in [3.8, 4) is 0 Å². The quantitative estimate of drug-likeness (QED) is 0.907. The van der Waals surface area contributed by atoms with E-state index in [1.54, 1.807) is 6.07 Å². The summed E-state index contributed by atoms with van der Waals surface area (Å²) in [4.78, 5) is 0. The van der Waals surface area contributed by atoms with Gasteiger partial charge in [-0.1, -0.05) is 36.2 Å². The molecule has 0 amide bonds. The van der Waals surface area contributed by atoms with Gasteiger partial charge in [0.05, 0.1) is 12.7 Å². The van der Waals surface area contributed by atoms with Gasteiger partial charge in [0.15, 0.2) is 0 Å². The van der Waals surface area contributed by atoms with E-state index in [1.807, 2.05) is 29.2 Å². The molecule has 0 radical (unpaired) electrons. The lowest BCUT2D eigenvalue weighted by Crippen LogP contribution is -2.17. The number of nitrogens with zero attached hydrogens (tertiary/aromatic N) is 2. The summed E-state index contributed by atoms with van der Waals surface area (Å²) in [5.74, 6) is 0. The topological polar surface area (TPSA) is 29.9 Å². The minimum atomic E-state index is 0.305. The third-order valence-corrected chi connectivity index (χ3v) is 3.60. The lowest BCUT2D eigenvalue weighted by Gasteiger charge is -2.09. The third kappa shape index (κ3) is 3.72. The van der Waals surface area contributed by atoms with Crippen LogP contribution < -0.4 is 5.32 Å². The maximum absolute atomic E-state index is 6.16. The smallest absolute Gasteiger partial charge is 0.0674 e. The van der Waals surface area contributed by atoms with Gasteiger partial charge in [-0.2, -0.15) is 5.10 Å². The molecule has 1 atom stereocenters. The molecule has 5 heteroatoms. The van der Waals surface area contributed by atoms with Crippen molar-refractivity contribution >= 4 is 23.2 Å². The van der Waals surface area contributed by atoms with E-state index in [-0.39, 0.29) is 0 Å². The Morgan fingerprint density at radius 1 is 1.37 bits per heavy atom. The van der Waals surface area contributed by atoms with Crippen molar-refractivity contribution in [1.29, 1.82) is 0 Å². The molecule has 0 saturated carbocycles. The van der Waals surface area contributed by atoms with Crippen molar-refractivity contribution in [2.75, 3.05) is 6.54 Å². The summed E-state index contributed by atoms with van der Waals surface area (Å²) < 4.78 is 1.89. The fourth-order valence-electron chi connectivity index (χ4n) is 1.94. The highest BCUT2D eigenvalue weighted by molar-refractivity contribution is 6.35. The Morgan fingerprint density at radius 3 is 2.84 bits per heavy atom. The van der Waals surface area contributed by atoms with Crippen molar-refractivity contribution in [1.82, 2.24) is 15.1 Å². The number of rotatable bonds is 5. The Morgan fingerprint density at radius 2 is 2.16 bits per heavy atom. The molecule has 0 fully saturated rings. The van der Waals surface area contributed by atoms with E-state index in [4.69, 9.17) is 23.2 Å². The summed E-state index contributed by atoms with van der Waals surface area (Å²) in [7, 11) is 0. The molecule has 1 heterocycles. The zero-order valence-electron chi connectivity index (χ0n) is 11.0. The van der Waals surface area contributed by atoms with Crippen LogP contribution in [0, 0.1) is 0 Å². The molecular weight excluding hydrogens is 281 g/mol. The second-order valence-electron chi connectivity index (χ2n) is 4.49. The van der Waals surface area contributed by atoms with Crippen LogP contribution >= 0.6 is 23.2 Å². The summed E-state index contributed by atoms with van der Waals surface area (Å²) in [6, 6.07) is 5.83. The van der Waals surface area contributed by atoms with Crippen molar-refractivity contribution in [3.63, 3.8) is 0 Å². The summed E-state index contributed by atoms with van der Waals surface area (Å²) >= 11 is 12.0. The van der Waals surface area contributed by atoms with Gasteiger partial charge in [-0.3, -0.25) is 4.68 Å². The average Bonchev–Trinajstić information content (AvgIpc) is 2.82. The van der Waals surface area contributed by atoms with Gasteiger partial charge in [-0.25, -0.2) is 0 Å². The Kier molecular flexibility index (Phi) is 4.86. The summed E-state index contributed by atoms with van der Waals surface area (Å²) in [6.07, 6.45) is 3.93. The van der Waals surface area contributed by atoms with Gasteiger partial charge in [-0.15, -0.1) is 0 Å². The van der Waals surface area contributed by atoms with E-state index in [0.29, 0.717) is 22.6 Å².